The minimum atomic E-state index is -0.417. The molecule has 1 atom stereocenters. The molecule has 0 saturated carbocycles. The van der Waals surface area contributed by atoms with Crippen LogP contribution in [0.2, 0.25) is 0 Å². The van der Waals surface area contributed by atoms with Crippen LogP contribution in [-0.4, -0.2) is 6.54 Å². The Labute approximate surface area is 122 Å². The van der Waals surface area contributed by atoms with Crippen molar-refractivity contribution in [2.24, 2.45) is 5.73 Å². The van der Waals surface area contributed by atoms with Crippen molar-refractivity contribution in [1.29, 1.82) is 0 Å². The van der Waals surface area contributed by atoms with Gasteiger partial charge >= 0.3 is 0 Å². The fourth-order valence-electron chi connectivity index (χ4n) is 2.09. The predicted octanol–water partition coefficient (Wildman–Crippen LogP) is 4.09. The fraction of sp³-hybridized carbons (Fsp3) is 0.250. The summed E-state index contributed by atoms with van der Waals surface area (Å²) >= 11 is 3.52. The zero-order chi connectivity index (χ0) is 13.7. The number of benzene rings is 2. The average Bonchev–Trinajstić information content (AvgIpc) is 2.43. The molecule has 0 bridgehead atoms. The summed E-state index contributed by atoms with van der Waals surface area (Å²) in [5.41, 5.74) is 6.47. The molecule has 0 saturated heterocycles. The number of hydrogen-bond donors (Lipinski definition) is 1. The molecule has 0 spiro atoms. The normalized spacial score (nSPS) is 13.8. The summed E-state index contributed by atoms with van der Waals surface area (Å²) in [7, 11) is 0. The number of rotatable bonds is 5. The van der Waals surface area contributed by atoms with Gasteiger partial charge in [0.1, 0.15) is 11.4 Å². The van der Waals surface area contributed by atoms with Crippen molar-refractivity contribution < 1.29 is 4.74 Å². The van der Waals surface area contributed by atoms with Crippen LogP contribution >= 0.6 is 15.9 Å². The Kier molecular flexibility index (Phi) is 4.61. The minimum Gasteiger partial charge on any atom is -0.482 e. The maximum absolute atomic E-state index is 6.23. The molecule has 0 heterocycles. The van der Waals surface area contributed by atoms with Crippen LogP contribution in [0.15, 0.2) is 59.1 Å². The van der Waals surface area contributed by atoms with E-state index in [0.717, 1.165) is 22.2 Å². The molecule has 2 aromatic carbocycles. The van der Waals surface area contributed by atoms with Crippen molar-refractivity contribution in [2.45, 2.75) is 18.9 Å². The van der Waals surface area contributed by atoms with E-state index in [9.17, 15) is 0 Å². The van der Waals surface area contributed by atoms with Crippen molar-refractivity contribution >= 4 is 15.9 Å². The van der Waals surface area contributed by atoms with Gasteiger partial charge in [0.05, 0.1) is 4.47 Å². The van der Waals surface area contributed by atoms with Crippen LogP contribution in [0.5, 0.6) is 5.75 Å². The summed E-state index contributed by atoms with van der Waals surface area (Å²) in [5.74, 6) is 0.835. The van der Waals surface area contributed by atoms with Gasteiger partial charge in [-0.05, 0) is 47.1 Å². The molecule has 0 amide bonds. The zero-order valence-electron chi connectivity index (χ0n) is 11.0. The summed E-state index contributed by atoms with van der Waals surface area (Å²) in [5, 5.41) is 0. The summed E-state index contributed by atoms with van der Waals surface area (Å²) in [6, 6.07) is 18.1. The van der Waals surface area contributed by atoms with E-state index in [-0.39, 0.29) is 0 Å². The highest BCUT2D eigenvalue weighted by molar-refractivity contribution is 9.10. The van der Waals surface area contributed by atoms with Crippen molar-refractivity contribution in [3.05, 3.63) is 64.6 Å². The van der Waals surface area contributed by atoms with Gasteiger partial charge in [-0.3, -0.25) is 0 Å². The van der Waals surface area contributed by atoms with Crippen molar-refractivity contribution in [3.8, 4) is 5.75 Å². The molecule has 0 fully saturated rings. The van der Waals surface area contributed by atoms with Gasteiger partial charge in [0.2, 0.25) is 0 Å². The first-order valence-electron chi connectivity index (χ1n) is 6.35. The third kappa shape index (κ3) is 3.37. The molecule has 2 nitrogen and oxygen atoms in total. The summed E-state index contributed by atoms with van der Waals surface area (Å²) in [4.78, 5) is 0. The van der Waals surface area contributed by atoms with Crippen LogP contribution in [0.3, 0.4) is 0 Å². The number of halogens is 1. The molecule has 1 unspecified atom stereocenters. The molecule has 0 aliphatic heterocycles. The van der Waals surface area contributed by atoms with Gasteiger partial charge in [0, 0.05) is 6.42 Å². The first kappa shape index (κ1) is 14.1. The third-order valence-corrected chi connectivity index (χ3v) is 3.83. The van der Waals surface area contributed by atoms with Crippen LogP contribution in [0.4, 0.5) is 0 Å². The number of hydrogen-bond acceptors (Lipinski definition) is 2. The first-order chi connectivity index (χ1) is 9.15. The molecule has 0 aliphatic carbocycles. The third-order valence-electron chi connectivity index (χ3n) is 3.18. The number of ether oxygens (including phenoxy) is 1. The van der Waals surface area contributed by atoms with Crippen LogP contribution < -0.4 is 10.5 Å². The Morgan fingerprint density at radius 2 is 1.68 bits per heavy atom. The molecule has 3 heteroatoms. The van der Waals surface area contributed by atoms with Crippen LogP contribution in [-0.2, 0) is 5.60 Å². The van der Waals surface area contributed by atoms with E-state index in [1.165, 1.54) is 0 Å². The highest BCUT2D eigenvalue weighted by atomic mass is 79.9. The van der Waals surface area contributed by atoms with Crippen LogP contribution in [0, 0.1) is 0 Å². The van der Waals surface area contributed by atoms with Crippen molar-refractivity contribution in [1.82, 2.24) is 0 Å². The molecule has 0 radical (unpaired) electrons. The van der Waals surface area contributed by atoms with E-state index in [1.807, 2.05) is 42.5 Å². The van der Waals surface area contributed by atoms with E-state index < -0.39 is 5.60 Å². The highest BCUT2D eigenvalue weighted by Gasteiger charge is 2.28. The predicted molar refractivity (Wildman–Crippen MR) is 82.2 cm³/mol. The SMILES string of the molecule is CC(CCN)(Oc1ccccc1Br)c1ccccc1. The molecular formula is C16H18BrNO. The Bertz CT molecular complexity index is 529. The molecule has 0 aliphatic rings. The second-order valence-electron chi connectivity index (χ2n) is 4.67. The molecule has 19 heavy (non-hydrogen) atoms. The monoisotopic (exact) mass is 319 g/mol. The van der Waals surface area contributed by atoms with Gasteiger partial charge in [-0.1, -0.05) is 42.5 Å². The van der Waals surface area contributed by atoms with E-state index in [2.05, 4.69) is 35.0 Å². The lowest BCUT2D eigenvalue weighted by Crippen LogP contribution is -2.32. The van der Waals surface area contributed by atoms with E-state index >= 15 is 0 Å². The second kappa shape index (κ2) is 6.22. The molecule has 0 aromatic heterocycles. The van der Waals surface area contributed by atoms with Crippen LogP contribution in [0.1, 0.15) is 18.9 Å². The summed E-state index contributed by atoms with van der Waals surface area (Å²) < 4.78 is 7.19. The van der Waals surface area contributed by atoms with Crippen molar-refractivity contribution in [3.63, 3.8) is 0 Å². The summed E-state index contributed by atoms with van der Waals surface area (Å²) in [6.45, 7) is 2.66. The van der Waals surface area contributed by atoms with Gasteiger partial charge < -0.3 is 10.5 Å². The first-order valence-corrected chi connectivity index (χ1v) is 7.14. The highest BCUT2D eigenvalue weighted by Crippen LogP contribution is 2.34. The fourth-order valence-corrected chi connectivity index (χ4v) is 2.46. The topological polar surface area (TPSA) is 35.2 Å². The summed E-state index contributed by atoms with van der Waals surface area (Å²) in [6.07, 6.45) is 0.762. The van der Waals surface area contributed by atoms with Crippen molar-refractivity contribution in [2.75, 3.05) is 6.54 Å². The average molecular weight is 320 g/mol. The lowest BCUT2D eigenvalue weighted by Gasteiger charge is -2.31. The van der Waals surface area contributed by atoms with Gasteiger partial charge in [0.15, 0.2) is 0 Å². The minimum absolute atomic E-state index is 0.417. The van der Waals surface area contributed by atoms with Gasteiger partial charge in [-0.2, -0.15) is 0 Å². The quantitative estimate of drug-likeness (QED) is 0.900. The molecule has 2 rings (SSSR count). The van der Waals surface area contributed by atoms with E-state index in [0.29, 0.717) is 6.54 Å². The molecule has 2 aromatic rings. The Morgan fingerprint density at radius 3 is 2.32 bits per heavy atom. The van der Waals surface area contributed by atoms with E-state index in [1.54, 1.807) is 0 Å². The van der Waals surface area contributed by atoms with E-state index in [4.69, 9.17) is 10.5 Å². The Hall–Kier alpha value is -1.32. The van der Waals surface area contributed by atoms with Gasteiger partial charge in [0.25, 0.3) is 0 Å². The molecular weight excluding hydrogens is 302 g/mol. The Balaban J connectivity index is 2.33. The molecule has 2 N–H and O–H groups in total. The number of para-hydroxylation sites is 1. The van der Waals surface area contributed by atoms with Gasteiger partial charge in [-0.15, -0.1) is 0 Å². The maximum Gasteiger partial charge on any atom is 0.134 e. The molecule has 100 valence electrons. The smallest absolute Gasteiger partial charge is 0.134 e. The maximum atomic E-state index is 6.23. The lowest BCUT2D eigenvalue weighted by atomic mass is 9.92. The van der Waals surface area contributed by atoms with Gasteiger partial charge in [-0.25, -0.2) is 0 Å². The zero-order valence-corrected chi connectivity index (χ0v) is 12.6. The lowest BCUT2D eigenvalue weighted by molar-refractivity contribution is 0.0788. The Morgan fingerprint density at radius 1 is 1.05 bits per heavy atom. The number of nitrogens with two attached hydrogens (primary N) is 1. The van der Waals surface area contributed by atoms with Crippen LogP contribution in [0.25, 0.3) is 0 Å². The second-order valence-corrected chi connectivity index (χ2v) is 5.52. The largest absolute Gasteiger partial charge is 0.482 e. The standard InChI is InChI=1S/C16H18BrNO/c1-16(11-12-18,13-7-3-2-4-8-13)19-15-10-6-5-9-14(15)17/h2-10H,11-12,18H2,1H3.